The van der Waals surface area contributed by atoms with Gasteiger partial charge < -0.3 is 10.3 Å². The van der Waals surface area contributed by atoms with Gasteiger partial charge in [-0.2, -0.15) is 0 Å². The Morgan fingerprint density at radius 2 is 2.29 bits per heavy atom. The van der Waals surface area contributed by atoms with E-state index in [1.54, 1.807) is 0 Å². The fraction of sp³-hybridized carbons (Fsp3) is 0.364. The summed E-state index contributed by atoms with van der Waals surface area (Å²) in [6, 6.07) is 1.93. The summed E-state index contributed by atoms with van der Waals surface area (Å²) in [6.07, 6.45) is 0.882. The van der Waals surface area contributed by atoms with Gasteiger partial charge in [0.2, 0.25) is 0 Å². The molecule has 5 nitrogen and oxygen atoms in total. The highest BCUT2D eigenvalue weighted by molar-refractivity contribution is 7.07. The number of aryl methyl sites for hydroxylation is 2. The maximum Gasteiger partial charge on any atom is 0.304 e. The van der Waals surface area contributed by atoms with E-state index in [4.69, 9.17) is 0 Å². The zero-order valence-corrected chi connectivity index (χ0v) is 10.6. The standard InChI is InChI=1S/C11H14N4OS/c1-3-8-4-10(14-7(2)13-8)12-5-9-6-17-11(16)15-9/h4,6H,3,5H2,1-2H3,(H,15,16)(H,12,13,14). The SMILES string of the molecule is CCc1cc(NCc2csc(=O)[nH]2)nc(C)n1. The molecule has 17 heavy (non-hydrogen) atoms. The normalized spacial score (nSPS) is 10.5. The summed E-state index contributed by atoms with van der Waals surface area (Å²) in [5.74, 6) is 1.55. The Bertz CT molecular complexity index is 561. The molecule has 0 unspecified atom stereocenters. The summed E-state index contributed by atoms with van der Waals surface area (Å²) in [7, 11) is 0. The third-order valence-corrected chi connectivity index (χ3v) is 3.00. The smallest absolute Gasteiger partial charge is 0.304 e. The molecule has 0 atom stereocenters. The van der Waals surface area contributed by atoms with Crippen LogP contribution in [-0.2, 0) is 13.0 Å². The number of nitrogens with zero attached hydrogens (tertiary/aromatic N) is 2. The van der Waals surface area contributed by atoms with Crippen LogP contribution in [0.15, 0.2) is 16.2 Å². The molecule has 0 aromatic carbocycles. The molecule has 0 bridgehead atoms. The first-order valence-electron chi connectivity index (χ1n) is 5.42. The maximum absolute atomic E-state index is 11.0. The van der Waals surface area contributed by atoms with Gasteiger partial charge in [-0.25, -0.2) is 9.97 Å². The summed E-state index contributed by atoms with van der Waals surface area (Å²) >= 11 is 1.17. The Kier molecular flexibility index (Phi) is 3.53. The molecule has 0 saturated carbocycles. The van der Waals surface area contributed by atoms with E-state index in [-0.39, 0.29) is 4.87 Å². The minimum Gasteiger partial charge on any atom is -0.364 e. The molecule has 0 saturated heterocycles. The molecule has 2 aromatic rings. The van der Waals surface area contributed by atoms with E-state index >= 15 is 0 Å². The number of nitrogens with one attached hydrogen (secondary N) is 2. The largest absolute Gasteiger partial charge is 0.364 e. The van der Waals surface area contributed by atoms with Crippen LogP contribution in [0.3, 0.4) is 0 Å². The summed E-state index contributed by atoms with van der Waals surface area (Å²) in [4.78, 5) is 22.3. The van der Waals surface area contributed by atoms with Crippen molar-refractivity contribution in [1.29, 1.82) is 0 Å². The zero-order valence-electron chi connectivity index (χ0n) is 9.78. The van der Waals surface area contributed by atoms with Crippen LogP contribution in [0, 0.1) is 6.92 Å². The molecule has 2 rings (SSSR count). The monoisotopic (exact) mass is 250 g/mol. The van der Waals surface area contributed by atoms with Crippen molar-refractivity contribution in [2.75, 3.05) is 5.32 Å². The number of hydrogen-bond acceptors (Lipinski definition) is 5. The Morgan fingerprint density at radius 1 is 1.47 bits per heavy atom. The Hall–Kier alpha value is -1.69. The minimum atomic E-state index is -0.0325. The lowest BCUT2D eigenvalue weighted by Crippen LogP contribution is -2.06. The lowest BCUT2D eigenvalue weighted by molar-refractivity contribution is 0.936. The molecule has 0 fully saturated rings. The van der Waals surface area contributed by atoms with Crippen LogP contribution in [-0.4, -0.2) is 15.0 Å². The molecule has 0 amide bonds. The molecule has 90 valence electrons. The minimum absolute atomic E-state index is 0.0325. The van der Waals surface area contributed by atoms with Crippen molar-refractivity contribution < 1.29 is 0 Å². The van der Waals surface area contributed by atoms with E-state index in [9.17, 15) is 4.79 Å². The average molecular weight is 250 g/mol. The van der Waals surface area contributed by atoms with Crippen molar-refractivity contribution in [2.24, 2.45) is 0 Å². The number of rotatable bonds is 4. The van der Waals surface area contributed by atoms with Crippen LogP contribution < -0.4 is 10.2 Å². The van der Waals surface area contributed by atoms with Crippen LogP contribution >= 0.6 is 11.3 Å². The molecular formula is C11H14N4OS. The van der Waals surface area contributed by atoms with Gasteiger partial charge >= 0.3 is 4.87 Å². The number of H-pyrrole nitrogens is 1. The topological polar surface area (TPSA) is 70.7 Å². The van der Waals surface area contributed by atoms with Crippen LogP contribution in [0.2, 0.25) is 0 Å². The first-order valence-corrected chi connectivity index (χ1v) is 6.30. The highest BCUT2D eigenvalue weighted by Crippen LogP contribution is 2.08. The van der Waals surface area contributed by atoms with Crippen LogP contribution in [0.5, 0.6) is 0 Å². The predicted octanol–water partition coefficient (Wildman–Crippen LogP) is 1.71. The van der Waals surface area contributed by atoms with Crippen molar-refractivity contribution in [2.45, 2.75) is 26.8 Å². The Labute approximate surface area is 103 Å². The second-order valence-corrected chi connectivity index (χ2v) is 4.51. The molecule has 0 aliphatic carbocycles. The van der Waals surface area contributed by atoms with Gasteiger partial charge in [0.1, 0.15) is 11.6 Å². The summed E-state index contributed by atoms with van der Waals surface area (Å²) < 4.78 is 0. The van der Waals surface area contributed by atoms with Gasteiger partial charge in [-0.05, 0) is 13.3 Å². The zero-order chi connectivity index (χ0) is 12.3. The van der Waals surface area contributed by atoms with E-state index in [0.717, 1.165) is 29.5 Å². The third kappa shape index (κ3) is 3.13. The quantitative estimate of drug-likeness (QED) is 0.866. The van der Waals surface area contributed by atoms with E-state index in [2.05, 4.69) is 27.2 Å². The highest BCUT2D eigenvalue weighted by Gasteiger charge is 2.01. The first-order chi connectivity index (χ1) is 8.17. The Morgan fingerprint density at radius 3 is 2.94 bits per heavy atom. The maximum atomic E-state index is 11.0. The van der Waals surface area contributed by atoms with Gasteiger partial charge in [0.25, 0.3) is 0 Å². The van der Waals surface area contributed by atoms with Crippen LogP contribution in [0.4, 0.5) is 5.82 Å². The molecule has 0 aliphatic heterocycles. The number of thiazole rings is 1. The van der Waals surface area contributed by atoms with Crippen molar-refractivity contribution in [3.63, 3.8) is 0 Å². The molecule has 2 heterocycles. The van der Waals surface area contributed by atoms with Gasteiger partial charge in [-0.3, -0.25) is 4.79 Å². The fourth-order valence-corrected chi connectivity index (χ4v) is 2.07. The predicted molar refractivity (Wildman–Crippen MR) is 68.4 cm³/mol. The molecule has 0 aliphatic rings. The number of aromatic amines is 1. The summed E-state index contributed by atoms with van der Waals surface area (Å²) in [6.45, 7) is 4.50. The molecule has 0 radical (unpaired) electrons. The van der Waals surface area contributed by atoms with Gasteiger partial charge in [-0.1, -0.05) is 18.3 Å². The van der Waals surface area contributed by atoms with Crippen molar-refractivity contribution >= 4 is 17.2 Å². The summed E-state index contributed by atoms with van der Waals surface area (Å²) in [5.41, 5.74) is 1.88. The second kappa shape index (κ2) is 5.09. The van der Waals surface area contributed by atoms with E-state index in [0.29, 0.717) is 6.54 Å². The number of aromatic nitrogens is 3. The molecule has 2 N–H and O–H groups in total. The molecule has 0 spiro atoms. The third-order valence-electron chi connectivity index (χ3n) is 2.28. The summed E-state index contributed by atoms with van der Waals surface area (Å²) in [5, 5.41) is 4.98. The fourth-order valence-electron chi connectivity index (χ4n) is 1.49. The first kappa shape index (κ1) is 11.8. The van der Waals surface area contributed by atoms with Gasteiger partial charge in [0.05, 0.1) is 6.54 Å². The highest BCUT2D eigenvalue weighted by atomic mass is 32.1. The van der Waals surface area contributed by atoms with Crippen molar-refractivity contribution in [1.82, 2.24) is 15.0 Å². The van der Waals surface area contributed by atoms with E-state index < -0.39 is 0 Å². The van der Waals surface area contributed by atoms with Gasteiger partial charge in [-0.15, -0.1) is 0 Å². The second-order valence-electron chi connectivity index (χ2n) is 3.67. The lowest BCUT2D eigenvalue weighted by atomic mass is 10.3. The lowest BCUT2D eigenvalue weighted by Gasteiger charge is -2.06. The van der Waals surface area contributed by atoms with Gasteiger partial charge in [0.15, 0.2) is 0 Å². The van der Waals surface area contributed by atoms with Crippen molar-refractivity contribution in [3.8, 4) is 0 Å². The average Bonchev–Trinajstić information content (AvgIpc) is 2.72. The van der Waals surface area contributed by atoms with Crippen LogP contribution in [0.25, 0.3) is 0 Å². The molecule has 6 heteroatoms. The number of anilines is 1. The number of hydrogen-bond donors (Lipinski definition) is 2. The van der Waals surface area contributed by atoms with E-state index in [1.165, 1.54) is 11.3 Å². The van der Waals surface area contributed by atoms with E-state index in [1.807, 2.05) is 18.4 Å². The molecule has 2 aromatic heterocycles. The molecular weight excluding hydrogens is 236 g/mol. The van der Waals surface area contributed by atoms with Crippen molar-refractivity contribution in [3.05, 3.63) is 38.3 Å². The van der Waals surface area contributed by atoms with Crippen LogP contribution in [0.1, 0.15) is 24.1 Å². The Balaban J connectivity index is 2.08. The van der Waals surface area contributed by atoms with Gasteiger partial charge in [0, 0.05) is 22.8 Å².